The summed E-state index contributed by atoms with van der Waals surface area (Å²) in [5.74, 6) is -1.00. The fourth-order valence-electron chi connectivity index (χ4n) is 2.02. The summed E-state index contributed by atoms with van der Waals surface area (Å²) in [5, 5.41) is 12.1. The molecule has 1 heterocycles. The van der Waals surface area contributed by atoms with Crippen molar-refractivity contribution in [2.45, 2.75) is 19.8 Å². The van der Waals surface area contributed by atoms with Gasteiger partial charge in [-0.1, -0.05) is 13.3 Å². The summed E-state index contributed by atoms with van der Waals surface area (Å²) in [6.07, 6.45) is 1.81. The van der Waals surface area contributed by atoms with Crippen LogP contribution in [0, 0.1) is 5.82 Å². The van der Waals surface area contributed by atoms with Crippen molar-refractivity contribution in [3.8, 4) is 0 Å². The molecule has 122 valence electrons. The van der Waals surface area contributed by atoms with Crippen LogP contribution < -0.4 is 10.6 Å². The fraction of sp³-hybridized carbons (Fsp3) is 0.312. The van der Waals surface area contributed by atoms with Gasteiger partial charge < -0.3 is 10.6 Å². The van der Waals surface area contributed by atoms with Crippen LogP contribution in [-0.4, -0.2) is 35.1 Å². The molecule has 0 aliphatic rings. The first kappa shape index (κ1) is 16.7. The number of aromatic amines is 1. The average Bonchev–Trinajstić information content (AvgIpc) is 3.01. The van der Waals surface area contributed by atoms with Gasteiger partial charge in [0.25, 0.3) is 11.8 Å². The summed E-state index contributed by atoms with van der Waals surface area (Å²) in [6.45, 7) is 2.60. The predicted octanol–water partition coefficient (Wildman–Crippen LogP) is 1.66. The molecule has 3 N–H and O–H groups in total. The van der Waals surface area contributed by atoms with Crippen LogP contribution in [0.4, 0.5) is 4.39 Å². The van der Waals surface area contributed by atoms with E-state index in [1.54, 1.807) is 6.07 Å². The average molecular weight is 318 g/mol. The Hall–Kier alpha value is -2.70. The van der Waals surface area contributed by atoms with E-state index in [0.29, 0.717) is 11.3 Å². The van der Waals surface area contributed by atoms with Gasteiger partial charge in [-0.15, -0.1) is 0 Å². The van der Waals surface area contributed by atoms with E-state index in [4.69, 9.17) is 0 Å². The lowest BCUT2D eigenvalue weighted by atomic mass is 10.2. The van der Waals surface area contributed by atoms with Crippen LogP contribution >= 0.6 is 0 Å². The third-order valence-electron chi connectivity index (χ3n) is 3.19. The molecule has 1 aromatic carbocycles. The van der Waals surface area contributed by atoms with Gasteiger partial charge in [-0.3, -0.25) is 14.7 Å². The van der Waals surface area contributed by atoms with Crippen molar-refractivity contribution in [1.82, 2.24) is 20.8 Å². The lowest BCUT2D eigenvalue weighted by molar-refractivity contribution is 0.0925. The van der Waals surface area contributed by atoms with Crippen LogP contribution in [0.3, 0.4) is 0 Å². The van der Waals surface area contributed by atoms with Gasteiger partial charge >= 0.3 is 0 Å². The van der Waals surface area contributed by atoms with Gasteiger partial charge in [0.2, 0.25) is 0 Å². The molecule has 0 bridgehead atoms. The molecule has 2 aromatic rings. The van der Waals surface area contributed by atoms with Crippen molar-refractivity contribution in [2.24, 2.45) is 0 Å². The molecule has 0 unspecified atom stereocenters. The number of halogens is 1. The van der Waals surface area contributed by atoms with E-state index in [9.17, 15) is 14.0 Å². The Morgan fingerprint density at radius 3 is 2.43 bits per heavy atom. The summed E-state index contributed by atoms with van der Waals surface area (Å²) in [6, 6.07) is 6.98. The summed E-state index contributed by atoms with van der Waals surface area (Å²) >= 11 is 0. The quantitative estimate of drug-likeness (QED) is 0.679. The van der Waals surface area contributed by atoms with E-state index < -0.39 is 5.82 Å². The van der Waals surface area contributed by atoms with Gasteiger partial charge in [-0.25, -0.2) is 4.39 Å². The first-order chi connectivity index (χ1) is 11.1. The fourth-order valence-corrected chi connectivity index (χ4v) is 2.02. The molecule has 0 fully saturated rings. The van der Waals surface area contributed by atoms with E-state index >= 15 is 0 Å². The van der Waals surface area contributed by atoms with Gasteiger partial charge in [0.1, 0.15) is 11.5 Å². The zero-order valence-electron chi connectivity index (χ0n) is 12.9. The smallest absolute Gasteiger partial charge is 0.271 e. The summed E-state index contributed by atoms with van der Waals surface area (Å²) in [4.78, 5) is 23.6. The lowest BCUT2D eigenvalue weighted by Gasteiger charge is -2.06. The number of aryl methyl sites for hydroxylation is 1. The Balaban J connectivity index is 1.72. The van der Waals surface area contributed by atoms with E-state index in [1.807, 2.05) is 6.92 Å². The highest BCUT2D eigenvalue weighted by molar-refractivity contribution is 5.94. The number of H-pyrrole nitrogens is 1. The molecule has 0 saturated carbocycles. The van der Waals surface area contributed by atoms with Crippen LogP contribution in [0.15, 0.2) is 30.3 Å². The number of benzene rings is 1. The van der Waals surface area contributed by atoms with Crippen LogP contribution in [0.2, 0.25) is 0 Å². The SMILES string of the molecule is CCCc1cc(C(=O)NCCNC(=O)c2ccc(F)cc2)n[nH]1. The Labute approximate surface area is 133 Å². The number of amides is 2. The zero-order chi connectivity index (χ0) is 16.7. The van der Waals surface area contributed by atoms with Crippen molar-refractivity contribution in [2.75, 3.05) is 13.1 Å². The summed E-state index contributed by atoms with van der Waals surface area (Å²) in [7, 11) is 0. The first-order valence-corrected chi connectivity index (χ1v) is 7.46. The van der Waals surface area contributed by atoms with Gasteiger partial charge in [0.15, 0.2) is 0 Å². The number of nitrogens with zero attached hydrogens (tertiary/aromatic N) is 1. The van der Waals surface area contributed by atoms with Crippen LogP contribution in [0.25, 0.3) is 0 Å². The van der Waals surface area contributed by atoms with Gasteiger partial charge in [-0.05, 0) is 36.8 Å². The van der Waals surface area contributed by atoms with Crippen molar-refractivity contribution < 1.29 is 14.0 Å². The molecule has 0 saturated heterocycles. The Morgan fingerprint density at radius 1 is 1.13 bits per heavy atom. The molecule has 2 rings (SSSR count). The first-order valence-electron chi connectivity index (χ1n) is 7.46. The number of hydrogen-bond acceptors (Lipinski definition) is 3. The molecule has 0 aliphatic heterocycles. The van der Waals surface area contributed by atoms with E-state index in [-0.39, 0.29) is 24.9 Å². The summed E-state index contributed by atoms with van der Waals surface area (Å²) in [5.41, 5.74) is 1.62. The molecule has 0 aliphatic carbocycles. The Morgan fingerprint density at radius 2 is 1.78 bits per heavy atom. The molecule has 1 aromatic heterocycles. The van der Waals surface area contributed by atoms with Crippen LogP contribution in [0.1, 0.15) is 39.9 Å². The van der Waals surface area contributed by atoms with Crippen molar-refractivity contribution in [3.63, 3.8) is 0 Å². The number of rotatable bonds is 7. The van der Waals surface area contributed by atoms with Gasteiger partial charge in [-0.2, -0.15) is 5.10 Å². The highest BCUT2D eigenvalue weighted by Gasteiger charge is 2.10. The monoisotopic (exact) mass is 318 g/mol. The number of carbonyl (C=O) groups is 2. The highest BCUT2D eigenvalue weighted by Crippen LogP contribution is 2.03. The zero-order valence-corrected chi connectivity index (χ0v) is 12.9. The normalized spacial score (nSPS) is 10.3. The molecule has 7 heteroatoms. The van der Waals surface area contributed by atoms with E-state index in [1.165, 1.54) is 24.3 Å². The molecule has 0 atom stereocenters. The maximum Gasteiger partial charge on any atom is 0.271 e. The van der Waals surface area contributed by atoms with Crippen molar-refractivity contribution in [3.05, 3.63) is 53.1 Å². The second-order valence-electron chi connectivity index (χ2n) is 5.05. The maximum atomic E-state index is 12.8. The third-order valence-corrected chi connectivity index (χ3v) is 3.19. The standard InChI is InChI=1S/C16H19FN4O2/c1-2-3-13-10-14(21-20-13)16(23)19-9-8-18-15(22)11-4-6-12(17)7-5-11/h4-7,10H,2-3,8-9H2,1H3,(H,18,22)(H,19,23)(H,20,21). The third kappa shape index (κ3) is 4.91. The van der Waals surface area contributed by atoms with Gasteiger partial charge in [0.05, 0.1) is 0 Å². The van der Waals surface area contributed by atoms with Gasteiger partial charge in [0, 0.05) is 24.3 Å². The predicted molar refractivity (Wildman–Crippen MR) is 83.6 cm³/mol. The minimum Gasteiger partial charge on any atom is -0.350 e. The minimum atomic E-state index is -0.393. The minimum absolute atomic E-state index is 0.272. The molecule has 2 amide bonds. The molecule has 0 radical (unpaired) electrons. The molecular weight excluding hydrogens is 299 g/mol. The van der Waals surface area contributed by atoms with E-state index in [0.717, 1.165) is 18.5 Å². The molecular formula is C16H19FN4O2. The van der Waals surface area contributed by atoms with Crippen molar-refractivity contribution in [1.29, 1.82) is 0 Å². The highest BCUT2D eigenvalue weighted by atomic mass is 19.1. The number of nitrogens with one attached hydrogen (secondary N) is 3. The topological polar surface area (TPSA) is 86.9 Å². The van der Waals surface area contributed by atoms with Crippen LogP contribution in [-0.2, 0) is 6.42 Å². The number of hydrogen-bond donors (Lipinski definition) is 3. The van der Waals surface area contributed by atoms with E-state index in [2.05, 4.69) is 20.8 Å². The Kier molecular flexibility index (Phi) is 5.85. The summed E-state index contributed by atoms with van der Waals surface area (Å²) < 4.78 is 12.8. The number of aromatic nitrogens is 2. The number of carbonyl (C=O) groups excluding carboxylic acids is 2. The lowest BCUT2D eigenvalue weighted by Crippen LogP contribution is -2.34. The molecule has 6 nitrogen and oxygen atoms in total. The molecule has 23 heavy (non-hydrogen) atoms. The second-order valence-corrected chi connectivity index (χ2v) is 5.05. The van der Waals surface area contributed by atoms with Crippen molar-refractivity contribution >= 4 is 11.8 Å². The second kappa shape index (κ2) is 8.07. The van der Waals surface area contributed by atoms with Crippen LogP contribution in [0.5, 0.6) is 0 Å². The largest absolute Gasteiger partial charge is 0.350 e. The molecule has 0 spiro atoms. The Bertz CT molecular complexity index is 667. The maximum absolute atomic E-state index is 12.8.